The molecule has 0 aliphatic carbocycles. The number of benzene rings is 2. The van der Waals surface area contributed by atoms with Gasteiger partial charge >= 0.3 is 5.69 Å². The van der Waals surface area contributed by atoms with Crippen LogP contribution in [-0.4, -0.2) is 26.3 Å². The predicted octanol–water partition coefficient (Wildman–Crippen LogP) is 2.67. The topological polar surface area (TPSA) is 86.0 Å². The zero-order chi connectivity index (χ0) is 21.8. The Balaban J connectivity index is 2.28. The quantitative estimate of drug-likeness (QED) is 0.677. The molecular weight excluding hydrogens is 387 g/mol. The number of nitrogens with zero attached hydrogens (tertiary/aromatic N) is 3. The molecule has 1 aromatic heterocycles. The molecule has 7 nitrogen and oxygen atoms in total. The summed E-state index contributed by atoms with van der Waals surface area (Å²) < 4.78 is 16.1. The highest BCUT2D eigenvalue weighted by Crippen LogP contribution is 2.15. The highest BCUT2D eigenvalue weighted by atomic mass is 19.1. The van der Waals surface area contributed by atoms with Gasteiger partial charge in [-0.1, -0.05) is 49.4 Å². The number of amides is 1. The SMILES string of the molecule is CC[C@@H](C)NC(=O)c1nn(-c2ccccc2F)c(=O)n([C@H](C)c2ccccc2)c1=O. The number of hydrogen-bond donors (Lipinski definition) is 1. The largest absolute Gasteiger partial charge is 0.352 e. The van der Waals surface area contributed by atoms with Crippen LogP contribution in [0.1, 0.15) is 49.3 Å². The first-order chi connectivity index (χ1) is 14.3. The Kier molecular flexibility index (Phi) is 6.25. The van der Waals surface area contributed by atoms with Crippen molar-refractivity contribution in [3.63, 3.8) is 0 Å². The van der Waals surface area contributed by atoms with Crippen LogP contribution in [-0.2, 0) is 0 Å². The van der Waals surface area contributed by atoms with Gasteiger partial charge in [0, 0.05) is 6.04 Å². The highest BCUT2D eigenvalue weighted by Gasteiger charge is 2.25. The molecule has 1 heterocycles. The maximum absolute atomic E-state index is 14.4. The first-order valence-corrected chi connectivity index (χ1v) is 9.71. The summed E-state index contributed by atoms with van der Waals surface area (Å²) in [5.41, 5.74) is -1.59. The van der Waals surface area contributed by atoms with Gasteiger partial charge in [0.1, 0.15) is 11.5 Å². The number of halogens is 1. The molecule has 156 valence electrons. The minimum atomic E-state index is -0.832. The van der Waals surface area contributed by atoms with E-state index in [9.17, 15) is 18.8 Å². The summed E-state index contributed by atoms with van der Waals surface area (Å²) in [5.74, 6) is -1.41. The molecule has 0 saturated heterocycles. The maximum Gasteiger partial charge on any atom is 0.352 e. The van der Waals surface area contributed by atoms with E-state index in [1.807, 2.05) is 13.0 Å². The average molecular weight is 410 g/mol. The van der Waals surface area contributed by atoms with Crippen molar-refractivity contribution in [3.05, 3.63) is 92.5 Å². The van der Waals surface area contributed by atoms with E-state index in [4.69, 9.17) is 0 Å². The van der Waals surface area contributed by atoms with Crippen molar-refractivity contribution in [3.8, 4) is 5.69 Å². The van der Waals surface area contributed by atoms with E-state index in [1.165, 1.54) is 18.2 Å². The molecule has 8 heteroatoms. The molecule has 2 aromatic carbocycles. The minimum absolute atomic E-state index is 0.144. The van der Waals surface area contributed by atoms with Crippen molar-refractivity contribution in [1.29, 1.82) is 0 Å². The average Bonchev–Trinajstić information content (AvgIpc) is 2.75. The van der Waals surface area contributed by atoms with Crippen LogP contribution in [0.25, 0.3) is 5.69 Å². The van der Waals surface area contributed by atoms with Gasteiger partial charge in [-0.05, 0) is 38.0 Å². The van der Waals surface area contributed by atoms with Gasteiger partial charge in [0.05, 0.1) is 6.04 Å². The lowest BCUT2D eigenvalue weighted by atomic mass is 10.1. The fourth-order valence-corrected chi connectivity index (χ4v) is 3.03. The summed E-state index contributed by atoms with van der Waals surface area (Å²) in [7, 11) is 0. The molecule has 1 N–H and O–H groups in total. The van der Waals surface area contributed by atoms with Crippen LogP contribution in [0.2, 0.25) is 0 Å². The van der Waals surface area contributed by atoms with Crippen LogP contribution >= 0.6 is 0 Å². The fourth-order valence-electron chi connectivity index (χ4n) is 3.03. The van der Waals surface area contributed by atoms with E-state index in [0.717, 1.165) is 9.25 Å². The molecule has 0 saturated carbocycles. The van der Waals surface area contributed by atoms with Gasteiger partial charge in [-0.15, -0.1) is 0 Å². The number of aromatic nitrogens is 3. The van der Waals surface area contributed by atoms with Gasteiger partial charge in [-0.25, -0.2) is 13.8 Å². The molecule has 0 bridgehead atoms. The Labute approximate surface area is 172 Å². The molecule has 0 unspecified atom stereocenters. The molecule has 3 rings (SSSR count). The second kappa shape index (κ2) is 8.86. The molecule has 0 fully saturated rings. The molecule has 30 heavy (non-hydrogen) atoms. The third-order valence-corrected chi connectivity index (χ3v) is 4.96. The zero-order valence-corrected chi connectivity index (χ0v) is 17.0. The number of para-hydroxylation sites is 1. The van der Waals surface area contributed by atoms with Crippen molar-refractivity contribution >= 4 is 5.91 Å². The number of hydrogen-bond acceptors (Lipinski definition) is 4. The Hall–Kier alpha value is -3.55. The first kappa shape index (κ1) is 21.2. The molecule has 0 radical (unpaired) electrons. The number of carbonyl (C=O) groups is 1. The van der Waals surface area contributed by atoms with Crippen LogP contribution < -0.4 is 16.6 Å². The third kappa shape index (κ3) is 4.07. The standard InChI is InChI=1S/C22H23FN4O3/c1-4-14(2)24-20(28)19-21(29)26(15(3)16-10-6-5-7-11-16)22(30)27(25-19)18-13-9-8-12-17(18)23/h5-15H,4H2,1-3H3,(H,24,28)/t14-,15-/m1/s1. The molecule has 0 spiro atoms. The molecule has 0 aliphatic heterocycles. The number of carbonyl (C=O) groups excluding carboxylic acids is 1. The van der Waals surface area contributed by atoms with E-state index < -0.39 is 34.7 Å². The molecule has 0 aliphatic rings. The van der Waals surface area contributed by atoms with Gasteiger partial charge < -0.3 is 5.32 Å². The smallest absolute Gasteiger partial charge is 0.348 e. The Morgan fingerprint density at radius 2 is 1.70 bits per heavy atom. The predicted molar refractivity (Wildman–Crippen MR) is 112 cm³/mol. The van der Waals surface area contributed by atoms with Gasteiger partial charge in [0.15, 0.2) is 0 Å². The molecule has 2 atom stereocenters. The van der Waals surface area contributed by atoms with E-state index in [-0.39, 0.29) is 11.7 Å². The summed E-state index contributed by atoms with van der Waals surface area (Å²) in [5, 5.41) is 6.63. The van der Waals surface area contributed by atoms with Crippen molar-refractivity contribution in [2.75, 3.05) is 0 Å². The summed E-state index contributed by atoms with van der Waals surface area (Å²) in [4.78, 5) is 39.0. The molecule has 3 aromatic rings. The van der Waals surface area contributed by atoms with Crippen molar-refractivity contribution in [1.82, 2.24) is 19.7 Å². The van der Waals surface area contributed by atoms with Gasteiger partial charge in [-0.2, -0.15) is 9.78 Å². The normalized spacial score (nSPS) is 12.9. The van der Waals surface area contributed by atoms with Crippen molar-refractivity contribution in [2.24, 2.45) is 0 Å². The number of rotatable bonds is 6. The van der Waals surface area contributed by atoms with E-state index in [0.29, 0.717) is 12.0 Å². The van der Waals surface area contributed by atoms with Crippen LogP contribution in [0.4, 0.5) is 4.39 Å². The lowest BCUT2D eigenvalue weighted by molar-refractivity contribution is 0.0929. The Morgan fingerprint density at radius 1 is 1.07 bits per heavy atom. The van der Waals surface area contributed by atoms with Gasteiger partial charge in [0.2, 0.25) is 5.69 Å². The summed E-state index contributed by atoms with van der Waals surface area (Å²) in [6.07, 6.45) is 0.646. The van der Waals surface area contributed by atoms with Crippen LogP contribution in [0.3, 0.4) is 0 Å². The second-order valence-electron chi connectivity index (χ2n) is 7.04. The minimum Gasteiger partial charge on any atom is -0.348 e. The van der Waals surface area contributed by atoms with E-state index >= 15 is 0 Å². The summed E-state index contributed by atoms with van der Waals surface area (Å²) in [6, 6.07) is 13.6. The van der Waals surface area contributed by atoms with Gasteiger partial charge in [0.25, 0.3) is 11.5 Å². The van der Waals surface area contributed by atoms with Crippen LogP contribution in [0.5, 0.6) is 0 Å². The van der Waals surface area contributed by atoms with Crippen molar-refractivity contribution < 1.29 is 9.18 Å². The maximum atomic E-state index is 14.4. The zero-order valence-electron chi connectivity index (χ0n) is 17.0. The lowest BCUT2D eigenvalue weighted by Crippen LogP contribution is -2.48. The number of nitrogens with one attached hydrogen (secondary N) is 1. The molecular formula is C22H23FN4O3. The van der Waals surface area contributed by atoms with Crippen molar-refractivity contribution in [2.45, 2.75) is 39.3 Å². The monoisotopic (exact) mass is 410 g/mol. The Bertz CT molecular complexity index is 1170. The van der Waals surface area contributed by atoms with Gasteiger partial charge in [-0.3, -0.25) is 9.59 Å². The second-order valence-corrected chi connectivity index (χ2v) is 7.04. The van der Waals surface area contributed by atoms with E-state index in [1.54, 1.807) is 44.2 Å². The van der Waals surface area contributed by atoms with E-state index in [2.05, 4.69) is 10.4 Å². The summed E-state index contributed by atoms with van der Waals surface area (Å²) in [6.45, 7) is 5.34. The Morgan fingerprint density at radius 3 is 2.33 bits per heavy atom. The van der Waals surface area contributed by atoms with Crippen LogP contribution in [0, 0.1) is 5.82 Å². The summed E-state index contributed by atoms with van der Waals surface area (Å²) >= 11 is 0. The first-order valence-electron chi connectivity index (χ1n) is 9.71. The lowest BCUT2D eigenvalue weighted by Gasteiger charge is -2.18. The highest BCUT2D eigenvalue weighted by molar-refractivity contribution is 5.92. The third-order valence-electron chi connectivity index (χ3n) is 4.96. The van der Waals surface area contributed by atoms with Crippen LogP contribution in [0.15, 0.2) is 64.2 Å². The fraction of sp³-hybridized carbons (Fsp3) is 0.273. The molecule has 1 amide bonds.